The van der Waals surface area contributed by atoms with Crippen LogP contribution in [0.5, 0.6) is 5.75 Å². The van der Waals surface area contributed by atoms with E-state index in [2.05, 4.69) is 4.98 Å². The van der Waals surface area contributed by atoms with Gasteiger partial charge in [-0.2, -0.15) is 5.26 Å². The molecule has 0 unspecified atom stereocenters. The lowest BCUT2D eigenvalue weighted by molar-refractivity contribution is 0.396. The van der Waals surface area contributed by atoms with Crippen molar-refractivity contribution in [3.8, 4) is 11.8 Å². The number of aryl methyl sites for hydroxylation is 3. The predicted molar refractivity (Wildman–Crippen MR) is 171 cm³/mol. The van der Waals surface area contributed by atoms with E-state index in [-0.39, 0.29) is 17.9 Å². The van der Waals surface area contributed by atoms with E-state index in [1.54, 1.807) is 4.57 Å². The van der Waals surface area contributed by atoms with Crippen molar-refractivity contribution >= 4 is 0 Å². The summed E-state index contributed by atoms with van der Waals surface area (Å²) in [7, 11) is 0. The minimum atomic E-state index is -0.730. The summed E-state index contributed by atoms with van der Waals surface area (Å²) in [4.78, 5) is 18.0. The van der Waals surface area contributed by atoms with E-state index >= 15 is 0 Å². The van der Waals surface area contributed by atoms with Crippen molar-refractivity contribution in [2.24, 2.45) is 0 Å². The van der Waals surface area contributed by atoms with E-state index < -0.39 is 17.2 Å². The van der Waals surface area contributed by atoms with Gasteiger partial charge in [-0.15, -0.1) is 0 Å². The third-order valence-corrected chi connectivity index (χ3v) is 5.51. The van der Waals surface area contributed by atoms with Crippen LogP contribution >= 0.6 is 0 Å². The van der Waals surface area contributed by atoms with Crippen LogP contribution in [-0.4, -0.2) is 9.55 Å². The number of nitrogens with zero attached hydrogens (tertiary/aromatic N) is 3. The van der Waals surface area contributed by atoms with Gasteiger partial charge in [0.15, 0.2) is 11.6 Å². The third-order valence-electron chi connectivity index (χ3n) is 5.51. The van der Waals surface area contributed by atoms with Crippen LogP contribution in [0.15, 0.2) is 89.0 Å². The van der Waals surface area contributed by atoms with E-state index in [1.807, 2.05) is 110 Å². The minimum absolute atomic E-state index is 0.0216. The zero-order valence-corrected chi connectivity index (χ0v) is 26.5. The Balaban J connectivity index is 0.00000119. The van der Waals surface area contributed by atoms with Gasteiger partial charge in [0.05, 0.1) is 18.3 Å². The molecule has 1 aromatic heterocycles. The Morgan fingerprint density at radius 3 is 2.17 bits per heavy atom. The van der Waals surface area contributed by atoms with Gasteiger partial charge in [0.2, 0.25) is 5.75 Å². The van der Waals surface area contributed by atoms with Crippen molar-refractivity contribution < 1.29 is 13.5 Å². The van der Waals surface area contributed by atoms with Crippen molar-refractivity contribution in [1.29, 1.82) is 5.26 Å². The Morgan fingerprint density at radius 1 is 1.07 bits per heavy atom. The fourth-order valence-electron chi connectivity index (χ4n) is 3.46. The number of nitriles is 1. The first kappa shape index (κ1) is 38.0. The Labute approximate surface area is 251 Å². The Kier molecular flexibility index (Phi) is 20.4. The van der Waals surface area contributed by atoms with E-state index in [4.69, 9.17) is 10.00 Å². The van der Waals surface area contributed by atoms with Gasteiger partial charge in [0.1, 0.15) is 11.7 Å². The molecule has 0 fully saturated rings. The first-order chi connectivity index (χ1) is 20.3. The van der Waals surface area contributed by atoms with Crippen LogP contribution in [0.4, 0.5) is 8.78 Å². The normalized spacial score (nSPS) is 12.3. The maximum absolute atomic E-state index is 14.3. The molecule has 0 amide bonds. The number of hydrogen-bond acceptors (Lipinski definition) is 4. The summed E-state index contributed by atoms with van der Waals surface area (Å²) in [5.41, 5.74) is 2.12. The molecule has 0 spiro atoms. The molecule has 1 aliphatic rings. The van der Waals surface area contributed by atoms with Gasteiger partial charge in [-0.3, -0.25) is 9.36 Å². The summed E-state index contributed by atoms with van der Waals surface area (Å²) in [5.74, 6) is -0.993. The van der Waals surface area contributed by atoms with Crippen LogP contribution in [0, 0.1) is 18.3 Å². The highest BCUT2D eigenvalue weighted by atomic mass is 19.1. The number of aromatic nitrogens is 2. The summed E-state index contributed by atoms with van der Waals surface area (Å²) in [6, 6.07) is 9.82. The maximum atomic E-state index is 14.3. The molecule has 0 saturated heterocycles. The zero-order valence-electron chi connectivity index (χ0n) is 26.5. The molecule has 3 rings (SSSR count). The van der Waals surface area contributed by atoms with Crippen LogP contribution in [0.2, 0.25) is 0 Å². The van der Waals surface area contributed by atoms with Crippen LogP contribution in [0.3, 0.4) is 0 Å². The SMILES string of the molecule is C/C=C\C=C/C.CC.CCC#N.CCCc1nc(CC)c(OC2=C(F)C=CCC(F)=C2)c(=O)n1Cc1ccc(C)cc1. The van der Waals surface area contributed by atoms with E-state index in [0.29, 0.717) is 37.3 Å². The second-order valence-corrected chi connectivity index (χ2v) is 8.86. The summed E-state index contributed by atoms with van der Waals surface area (Å²) >= 11 is 0. The molecule has 1 aromatic carbocycles. The monoisotopic (exact) mass is 579 g/mol. The molecule has 1 heterocycles. The Hall–Kier alpha value is -4.05. The summed E-state index contributed by atoms with van der Waals surface area (Å²) in [5, 5.41) is 7.62. The standard InChI is InChI=1S/C24H26F2N2O2.C6H10.C3H5N.C2H6/c1-4-7-22-27-20(5-2)23(30-21-14-18(25)8-6-9-19(21)26)24(29)28(22)15-17-12-10-16(3)11-13-17;1-3-5-6-4-2;1-2-3-4;1-2/h6,9-14H,4-5,7-8,15H2,1-3H3;3-6H,1-2H3;2H2,1H3;1-2H3/b;5-3-,6-4-;;. The van der Waals surface area contributed by atoms with Crippen LogP contribution in [0.1, 0.15) is 90.4 Å². The largest absolute Gasteiger partial charge is 0.446 e. The van der Waals surface area contributed by atoms with Gasteiger partial charge in [0.25, 0.3) is 5.56 Å². The Bertz CT molecular complexity index is 1320. The van der Waals surface area contributed by atoms with Gasteiger partial charge in [0, 0.05) is 25.3 Å². The highest BCUT2D eigenvalue weighted by Crippen LogP contribution is 2.24. The molecule has 0 bridgehead atoms. The molecule has 42 heavy (non-hydrogen) atoms. The second kappa shape index (κ2) is 22.6. The molecular weight excluding hydrogens is 532 g/mol. The molecule has 1 aliphatic carbocycles. The van der Waals surface area contributed by atoms with Gasteiger partial charge in [-0.1, -0.05) is 94.8 Å². The predicted octanol–water partition coefficient (Wildman–Crippen LogP) is 9.57. The van der Waals surface area contributed by atoms with E-state index in [0.717, 1.165) is 29.7 Å². The fraction of sp³-hybridized carbons (Fsp3) is 0.400. The smallest absolute Gasteiger partial charge is 0.297 e. The van der Waals surface area contributed by atoms with Gasteiger partial charge in [-0.25, -0.2) is 13.8 Å². The number of halogens is 2. The molecule has 5 nitrogen and oxygen atoms in total. The molecule has 7 heteroatoms. The molecule has 0 aliphatic heterocycles. The summed E-state index contributed by atoms with van der Waals surface area (Å²) in [6.45, 7) is 16.0. The van der Waals surface area contributed by atoms with Crippen molar-refractivity contribution in [3.63, 3.8) is 0 Å². The third kappa shape index (κ3) is 13.5. The number of hydrogen-bond donors (Lipinski definition) is 0. The molecule has 0 radical (unpaired) electrons. The number of allylic oxidation sites excluding steroid dienone is 9. The van der Waals surface area contributed by atoms with Crippen molar-refractivity contribution in [2.45, 2.75) is 94.0 Å². The van der Waals surface area contributed by atoms with Gasteiger partial charge >= 0.3 is 0 Å². The first-order valence-electron chi connectivity index (χ1n) is 14.6. The topological polar surface area (TPSA) is 67.9 Å². The van der Waals surface area contributed by atoms with E-state index in [1.165, 1.54) is 6.08 Å². The average molecular weight is 580 g/mol. The number of ether oxygens (including phenoxy) is 1. The second-order valence-electron chi connectivity index (χ2n) is 8.86. The van der Waals surface area contributed by atoms with Crippen molar-refractivity contribution in [1.82, 2.24) is 9.55 Å². The van der Waals surface area contributed by atoms with Crippen LogP contribution in [-0.2, 0) is 19.4 Å². The molecule has 0 saturated carbocycles. The highest BCUT2D eigenvalue weighted by Gasteiger charge is 2.20. The quantitative estimate of drug-likeness (QED) is 0.292. The molecule has 0 atom stereocenters. The van der Waals surface area contributed by atoms with E-state index in [9.17, 15) is 13.6 Å². The summed E-state index contributed by atoms with van der Waals surface area (Å²) in [6.07, 6.45) is 14.0. The number of benzene rings is 1. The number of rotatable bonds is 8. The molecular formula is C35H47F2N3O2. The molecule has 0 N–H and O–H groups in total. The molecule has 228 valence electrons. The van der Waals surface area contributed by atoms with Gasteiger partial charge < -0.3 is 4.74 Å². The minimum Gasteiger partial charge on any atom is -0.446 e. The molecule has 2 aromatic rings. The lowest BCUT2D eigenvalue weighted by atomic mass is 10.1. The van der Waals surface area contributed by atoms with Crippen molar-refractivity contribution in [3.05, 3.63) is 117 Å². The fourth-order valence-corrected chi connectivity index (χ4v) is 3.46. The zero-order chi connectivity index (χ0) is 31.9. The van der Waals surface area contributed by atoms with Crippen molar-refractivity contribution in [2.75, 3.05) is 0 Å². The maximum Gasteiger partial charge on any atom is 0.297 e. The van der Waals surface area contributed by atoms with Crippen LogP contribution in [0.25, 0.3) is 0 Å². The first-order valence-corrected chi connectivity index (χ1v) is 14.6. The lowest BCUT2D eigenvalue weighted by Gasteiger charge is -2.17. The Morgan fingerprint density at radius 2 is 1.67 bits per heavy atom. The van der Waals surface area contributed by atoms with Crippen LogP contribution < -0.4 is 10.3 Å². The highest BCUT2D eigenvalue weighted by molar-refractivity contribution is 5.36. The van der Waals surface area contributed by atoms with Gasteiger partial charge in [-0.05, 0) is 45.3 Å². The lowest BCUT2D eigenvalue weighted by Crippen LogP contribution is -2.29. The average Bonchev–Trinajstić information content (AvgIpc) is 3.16. The summed E-state index contributed by atoms with van der Waals surface area (Å²) < 4.78 is 35.4.